The fraction of sp³-hybridized carbons (Fsp3) is 0.318. The standard InChI is InChI=1S/C22H26N2O6/c1-15(21(27)29-13-17-9-5-3-6-10-17)23-20(26)19(16(2)25)24-22(28)30-14-18-11-7-4-8-12-18/h3-12,15-16,19,25H,13-14H2,1-2H3,(H,23,26)(H,24,28)/t15-,16-,19+/m0/s1. The van der Waals surface area contributed by atoms with Gasteiger partial charge >= 0.3 is 12.1 Å². The Kier molecular flexibility index (Phi) is 8.83. The predicted molar refractivity (Wildman–Crippen MR) is 109 cm³/mol. The van der Waals surface area contributed by atoms with E-state index >= 15 is 0 Å². The number of rotatable bonds is 9. The lowest BCUT2D eigenvalue weighted by atomic mass is 10.1. The second-order valence-electron chi connectivity index (χ2n) is 6.75. The second-order valence-corrected chi connectivity index (χ2v) is 6.75. The monoisotopic (exact) mass is 414 g/mol. The molecule has 2 aromatic carbocycles. The number of aliphatic hydroxyl groups is 1. The molecule has 0 aromatic heterocycles. The van der Waals surface area contributed by atoms with Gasteiger partial charge in [0.2, 0.25) is 5.91 Å². The molecule has 0 heterocycles. The van der Waals surface area contributed by atoms with E-state index in [1.807, 2.05) is 36.4 Å². The first kappa shape index (κ1) is 22.9. The molecule has 0 aliphatic carbocycles. The summed E-state index contributed by atoms with van der Waals surface area (Å²) in [5, 5.41) is 14.6. The van der Waals surface area contributed by atoms with Crippen molar-refractivity contribution in [3.63, 3.8) is 0 Å². The molecule has 8 nitrogen and oxygen atoms in total. The van der Waals surface area contributed by atoms with Gasteiger partial charge in [0, 0.05) is 0 Å². The third kappa shape index (κ3) is 7.56. The summed E-state index contributed by atoms with van der Waals surface area (Å²) in [7, 11) is 0. The SMILES string of the molecule is C[C@H](NC(=O)[C@H](NC(=O)OCc1ccccc1)[C@H](C)O)C(=O)OCc1ccccc1. The molecule has 0 spiro atoms. The molecule has 0 aliphatic heterocycles. The van der Waals surface area contributed by atoms with Crippen LogP contribution in [0, 0.1) is 0 Å². The Labute approximate surface area is 175 Å². The zero-order valence-electron chi connectivity index (χ0n) is 16.9. The van der Waals surface area contributed by atoms with Crippen LogP contribution < -0.4 is 10.6 Å². The molecule has 2 rings (SSSR count). The zero-order chi connectivity index (χ0) is 21.9. The Morgan fingerprint density at radius 2 is 1.33 bits per heavy atom. The van der Waals surface area contributed by atoms with Crippen molar-refractivity contribution >= 4 is 18.0 Å². The Bertz CT molecular complexity index is 826. The first-order valence-corrected chi connectivity index (χ1v) is 9.53. The quantitative estimate of drug-likeness (QED) is 0.540. The molecular weight excluding hydrogens is 388 g/mol. The van der Waals surface area contributed by atoms with Gasteiger partial charge in [0.15, 0.2) is 0 Å². The molecule has 8 heteroatoms. The average molecular weight is 414 g/mol. The van der Waals surface area contributed by atoms with Crippen molar-refractivity contribution in [3.05, 3.63) is 71.8 Å². The Morgan fingerprint density at radius 3 is 1.83 bits per heavy atom. The third-order valence-electron chi connectivity index (χ3n) is 4.19. The number of hydrogen-bond acceptors (Lipinski definition) is 6. The first-order valence-electron chi connectivity index (χ1n) is 9.53. The van der Waals surface area contributed by atoms with Gasteiger partial charge in [-0.3, -0.25) is 4.79 Å². The maximum atomic E-state index is 12.4. The molecule has 2 aromatic rings. The fourth-order valence-electron chi connectivity index (χ4n) is 2.51. The van der Waals surface area contributed by atoms with Gasteiger partial charge in [-0.05, 0) is 25.0 Å². The number of carbonyl (C=O) groups is 3. The summed E-state index contributed by atoms with van der Waals surface area (Å²) in [6.45, 7) is 2.89. The minimum absolute atomic E-state index is 0.0169. The van der Waals surface area contributed by atoms with Crippen molar-refractivity contribution in [3.8, 4) is 0 Å². The normalized spacial score (nSPS) is 13.4. The number of benzene rings is 2. The van der Waals surface area contributed by atoms with E-state index in [1.165, 1.54) is 13.8 Å². The van der Waals surface area contributed by atoms with E-state index in [0.717, 1.165) is 11.1 Å². The molecule has 0 radical (unpaired) electrons. The summed E-state index contributed by atoms with van der Waals surface area (Å²) in [6.07, 6.45) is -2.07. The third-order valence-corrected chi connectivity index (χ3v) is 4.19. The molecule has 2 amide bonds. The number of alkyl carbamates (subject to hydrolysis) is 1. The second kappa shape index (κ2) is 11.6. The van der Waals surface area contributed by atoms with Gasteiger partial charge in [0.05, 0.1) is 6.10 Å². The number of hydrogen-bond donors (Lipinski definition) is 3. The van der Waals surface area contributed by atoms with Crippen LogP contribution in [0.1, 0.15) is 25.0 Å². The van der Waals surface area contributed by atoms with Crippen LogP contribution in [-0.4, -0.2) is 41.3 Å². The van der Waals surface area contributed by atoms with E-state index in [2.05, 4.69) is 10.6 Å². The topological polar surface area (TPSA) is 114 Å². The van der Waals surface area contributed by atoms with Crippen molar-refractivity contribution in [2.24, 2.45) is 0 Å². The van der Waals surface area contributed by atoms with Crippen LogP contribution >= 0.6 is 0 Å². The largest absolute Gasteiger partial charge is 0.459 e. The molecule has 0 saturated carbocycles. The van der Waals surface area contributed by atoms with Crippen molar-refractivity contribution in [2.75, 3.05) is 0 Å². The number of nitrogens with one attached hydrogen (secondary N) is 2. The van der Waals surface area contributed by atoms with Gasteiger partial charge in [-0.1, -0.05) is 60.7 Å². The lowest BCUT2D eigenvalue weighted by molar-refractivity contribution is -0.149. The van der Waals surface area contributed by atoms with Crippen LogP contribution in [0.5, 0.6) is 0 Å². The average Bonchev–Trinajstić information content (AvgIpc) is 2.75. The van der Waals surface area contributed by atoms with Crippen LogP contribution in [-0.2, 0) is 32.3 Å². The maximum Gasteiger partial charge on any atom is 0.408 e. The highest BCUT2D eigenvalue weighted by Gasteiger charge is 2.29. The molecule has 0 saturated heterocycles. The summed E-state index contributed by atoms with van der Waals surface area (Å²) < 4.78 is 10.2. The smallest absolute Gasteiger partial charge is 0.408 e. The van der Waals surface area contributed by atoms with Crippen LogP contribution in [0.3, 0.4) is 0 Å². The Hall–Kier alpha value is -3.39. The highest BCUT2D eigenvalue weighted by atomic mass is 16.5. The minimum atomic E-state index is -1.29. The summed E-state index contributed by atoms with van der Waals surface area (Å²) in [4.78, 5) is 36.5. The molecule has 3 N–H and O–H groups in total. The van der Waals surface area contributed by atoms with E-state index in [0.29, 0.717) is 0 Å². The van der Waals surface area contributed by atoms with Gasteiger partial charge in [-0.25, -0.2) is 9.59 Å². The summed E-state index contributed by atoms with van der Waals surface area (Å²) in [6, 6.07) is 15.9. The van der Waals surface area contributed by atoms with Crippen molar-refractivity contribution in [2.45, 2.75) is 45.2 Å². The number of esters is 1. The molecule has 160 valence electrons. The van der Waals surface area contributed by atoms with E-state index < -0.39 is 36.2 Å². The molecule has 0 aliphatic rings. The van der Waals surface area contributed by atoms with E-state index in [1.54, 1.807) is 24.3 Å². The lowest BCUT2D eigenvalue weighted by Gasteiger charge is -2.22. The molecule has 3 atom stereocenters. The van der Waals surface area contributed by atoms with Gasteiger partial charge in [0.1, 0.15) is 25.3 Å². The van der Waals surface area contributed by atoms with Crippen molar-refractivity contribution in [1.82, 2.24) is 10.6 Å². The number of amides is 2. The van der Waals surface area contributed by atoms with Crippen LogP contribution in [0.25, 0.3) is 0 Å². The molecule has 30 heavy (non-hydrogen) atoms. The fourth-order valence-corrected chi connectivity index (χ4v) is 2.51. The van der Waals surface area contributed by atoms with Crippen molar-refractivity contribution < 1.29 is 29.0 Å². The van der Waals surface area contributed by atoms with Crippen LogP contribution in [0.15, 0.2) is 60.7 Å². The Morgan fingerprint density at radius 1 is 0.833 bits per heavy atom. The van der Waals surface area contributed by atoms with Gasteiger partial charge in [0.25, 0.3) is 0 Å². The molecular formula is C22H26N2O6. The van der Waals surface area contributed by atoms with Gasteiger partial charge in [-0.15, -0.1) is 0 Å². The van der Waals surface area contributed by atoms with Crippen LogP contribution in [0.2, 0.25) is 0 Å². The maximum absolute atomic E-state index is 12.4. The molecule has 0 fully saturated rings. The summed E-state index contributed by atoms with van der Waals surface area (Å²) in [5.41, 5.74) is 1.59. The van der Waals surface area contributed by atoms with E-state index in [9.17, 15) is 19.5 Å². The summed E-state index contributed by atoms with van der Waals surface area (Å²) >= 11 is 0. The minimum Gasteiger partial charge on any atom is -0.459 e. The molecule has 0 bridgehead atoms. The highest BCUT2D eigenvalue weighted by molar-refractivity contribution is 5.89. The number of aliphatic hydroxyl groups excluding tert-OH is 1. The highest BCUT2D eigenvalue weighted by Crippen LogP contribution is 2.04. The molecule has 0 unspecified atom stereocenters. The van der Waals surface area contributed by atoms with Gasteiger partial charge in [-0.2, -0.15) is 0 Å². The van der Waals surface area contributed by atoms with Crippen LogP contribution in [0.4, 0.5) is 4.79 Å². The summed E-state index contributed by atoms with van der Waals surface area (Å²) in [5.74, 6) is -1.37. The van der Waals surface area contributed by atoms with Crippen molar-refractivity contribution in [1.29, 1.82) is 0 Å². The lowest BCUT2D eigenvalue weighted by Crippen LogP contribution is -2.55. The van der Waals surface area contributed by atoms with E-state index in [4.69, 9.17) is 9.47 Å². The number of carbonyl (C=O) groups excluding carboxylic acids is 3. The van der Waals surface area contributed by atoms with E-state index in [-0.39, 0.29) is 13.2 Å². The predicted octanol–water partition coefficient (Wildman–Crippen LogP) is 1.91. The Balaban J connectivity index is 1.83. The first-order chi connectivity index (χ1) is 14.4. The van der Waals surface area contributed by atoms with Gasteiger partial charge < -0.3 is 25.2 Å². The number of ether oxygens (including phenoxy) is 2. The zero-order valence-corrected chi connectivity index (χ0v) is 16.9.